The average Bonchev–Trinajstić information content (AvgIpc) is 2.42. The number of benzene rings is 1. The second kappa shape index (κ2) is 6.15. The van der Waals surface area contributed by atoms with E-state index in [-0.39, 0.29) is 5.91 Å². The number of hydrogen-bond acceptors (Lipinski definition) is 3. The van der Waals surface area contributed by atoms with Gasteiger partial charge in [0.15, 0.2) is 0 Å². The molecule has 4 heteroatoms. The number of hydrogen-bond donors (Lipinski definition) is 1. The molecular weight excluding hydrogens is 256 g/mol. The first-order chi connectivity index (χ1) is 9.13. The molecule has 1 aliphatic rings. The van der Waals surface area contributed by atoms with Crippen molar-refractivity contribution in [3.8, 4) is 0 Å². The summed E-state index contributed by atoms with van der Waals surface area (Å²) in [6, 6.07) is 5.63. The second-order valence-corrected chi connectivity index (χ2v) is 6.10. The number of anilines is 1. The van der Waals surface area contributed by atoms with E-state index < -0.39 is 0 Å². The number of para-hydroxylation sites is 1. The van der Waals surface area contributed by atoms with Crippen LogP contribution in [0.3, 0.4) is 0 Å². The lowest BCUT2D eigenvalue weighted by molar-refractivity contribution is 0.0728. The molecule has 0 aromatic heterocycles. The van der Waals surface area contributed by atoms with E-state index in [9.17, 15) is 4.79 Å². The van der Waals surface area contributed by atoms with Crippen LogP contribution in [0.1, 0.15) is 28.8 Å². The Morgan fingerprint density at radius 1 is 1.47 bits per heavy atom. The SMILES string of the molecule is C=CSC1CCN(C(=O)c2cccc(C)c2N)CC1. The van der Waals surface area contributed by atoms with Gasteiger partial charge in [-0.05, 0) is 36.8 Å². The topological polar surface area (TPSA) is 46.3 Å². The van der Waals surface area contributed by atoms with Gasteiger partial charge in [-0.2, -0.15) is 0 Å². The molecule has 19 heavy (non-hydrogen) atoms. The second-order valence-electron chi connectivity index (χ2n) is 4.83. The fourth-order valence-electron chi connectivity index (χ4n) is 2.37. The van der Waals surface area contributed by atoms with Crippen molar-refractivity contribution in [1.82, 2.24) is 4.90 Å². The summed E-state index contributed by atoms with van der Waals surface area (Å²) >= 11 is 1.77. The van der Waals surface area contributed by atoms with Gasteiger partial charge in [0.1, 0.15) is 0 Å². The smallest absolute Gasteiger partial charge is 0.255 e. The third-order valence-corrected chi connectivity index (χ3v) is 4.62. The highest BCUT2D eigenvalue weighted by atomic mass is 32.2. The maximum Gasteiger partial charge on any atom is 0.255 e. The molecule has 0 aliphatic carbocycles. The monoisotopic (exact) mass is 276 g/mol. The molecular formula is C15H20N2OS. The van der Waals surface area contributed by atoms with Gasteiger partial charge in [-0.15, -0.1) is 11.8 Å². The quantitative estimate of drug-likeness (QED) is 0.863. The third-order valence-electron chi connectivity index (χ3n) is 3.57. The Morgan fingerprint density at radius 3 is 2.79 bits per heavy atom. The highest BCUT2D eigenvalue weighted by Crippen LogP contribution is 2.26. The predicted molar refractivity (Wildman–Crippen MR) is 82.3 cm³/mol. The van der Waals surface area contributed by atoms with Crippen LogP contribution in [0, 0.1) is 6.92 Å². The third kappa shape index (κ3) is 3.13. The Labute approximate surface area is 118 Å². The Bertz CT molecular complexity index is 479. The van der Waals surface area contributed by atoms with E-state index in [0.29, 0.717) is 16.5 Å². The summed E-state index contributed by atoms with van der Waals surface area (Å²) in [5, 5.41) is 2.48. The van der Waals surface area contributed by atoms with E-state index in [4.69, 9.17) is 5.73 Å². The van der Waals surface area contributed by atoms with Gasteiger partial charge in [0, 0.05) is 24.0 Å². The highest BCUT2D eigenvalue weighted by Gasteiger charge is 2.24. The van der Waals surface area contributed by atoms with Crippen LogP contribution in [0.4, 0.5) is 5.69 Å². The minimum atomic E-state index is 0.0586. The number of nitrogen functional groups attached to an aromatic ring is 1. The van der Waals surface area contributed by atoms with Gasteiger partial charge in [0.05, 0.1) is 5.56 Å². The number of aryl methyl sites for hydroxylation is 1. The number of likely N-dealkylation sites (tertiary alicyclic amines) is 1. The van der Waals surface area contributed by atoms with Crippen molar-refractivity contribution in [1.29, 1.82) is 0 Å². The van der Waals surface area contributed by atoms with Crippen molar-refractivity contribution in [3.63, 3.8) is 0 Å². The molecule has 0 bridgehead atoms. The molecule has 0 saturated carbocycles. The first-order valence-electron chi connectivity index (χ1n) is 6.54. The van der Waals surface area contributed by atoms with E-state index in [2.05, 4.69) is 6.58 Å². The van der Waals surface area contributed by atoms with Crippen molar-refractivity contribution in [2.45, 2.75) is 25.0 Å². The predicted octanol–water partition coefficient (Wildman–Crippen LogP) is 3.06. The van der Waals surface area contributed by atoms with Crippen LogP contribution in [0.5, 0.6) is 0 Å². The molecule has 1 aromatic rings. The molecule has 1 heterocycles. The number of nitrogens with zero attached hydrogens (tertiary/aromatic N) is 1. The summed E-state index contributed by atoms with van der Waals surface area (Å²) in [5.41, 5.74) is 8.20. The lowest BCUT2D eigenvalue weighted by Gasteiger charge is -2.31. The van der Waals surface area contributed by atoms with E-state index in [0.717, 1.165) is 31.5 Å². The number of piperidine rings is 1. The van der Waals surface area contributed by atoms with Gasteiger partial charge >= 0.3 is 0 Å². The zero-order chi connectivity index (χ0) is 13.8. The molecule has 2 N–H and O–H groups in total. The normalized spacial score (nSPS) is 16.4. The van der Waals surface area contributed by atoms with Crippen LogP contribution in [0.2, 0.25) is 0 Å². The molecule has 1 fully saturated rings. The van der Waals surface area contributed by atoms with Gasteiger partial charge in [0.2, 0.25) is 0 Å². The van der Waals surface area contributed by atoms with Gasteiger partial charge in [0.25, 0.3) is 5.91 Å². The van der Waals surface area contributed by atoms with Crippen LogP contribution < -0.4 is 5.73 Å². The maximum atomic E-state index is 12.5. The molecule has 102 valence electrons. The number of carbonyl (C=O) groups is 1. The van der Waals surface area contributed by atoms with Crippen LogP contribution >= 0.6 is 11.8 Å². The van der Waals surface area contributed by atoms with Gasteiger partial charge in [-0.25, -0.2) is 0 Å². The largest absolute Gasteiger partial charge is 0.398 e. The van der Waals surface area contributed by atoms with Crippen molar-refractivity contribution in [2.24, 2.45) is 0 Å². The van der Waals surface area contributed by atoms with Crippen molar-refractivity contribution in [3.05, 3.63) is 41.3 Å². The summed E-state index contributed by atoms with van der Waals surface area (Å²) in [5.74, 6) is 0.0586. The Balaban J connectivity index is 2.05. The summed E-state index contributed by atoms with van der Waals surface area (Å²) in [6.07, 6.45) is 2.04. The number of thioether (sulfide) groups is 1. The van der Waals surface area contributed by atoms with Crippen molar-refractivity contribution in [2.75, 3.05) is 18.8 Å². The van der Waals surface area contributed by atoms with E-state index in [1.165, 1.54) is 0 Å². The zero-order valence-corrected chi connectivity index (χ0v) is 12.1. The zero-order valence-electron chi connectivity index (χ0n) is 11.3. The Kier molecular flexibility index (Phi) is 4.53. The molecule has 0 radical (unpaired) electrons. The maximum absolute atomic E-state index is 12.5. The summed E-state index contributed by atoms with van der Waals surface area (Å²) in [4.78, 5) is 14.4. The van der Waals surface area contributed by atoms with E-state index in [1.807, 2.05) is 35.4 Å². The number of nitrogens with two attached hydrogens (primary N) is 1. The van der Waals surface area contributed by atoms with Crippen LogP contribution in [0.15, 0.2) is 30.2 Å². The Hall–Kier alpha value is -1.42. The fourth-order valence-corrected chi connectivity index (χ4v) is 3.12. The summed E-state index contributed by atoms with van der Waals surface area (Å²) in [7, 11) is 0. The standard InChI is InChI=1S/C15H20N2OS/c1-3-19-12-7-9-17(10-8-12)15(18)13-6-4-5-11(2)14(13)16/h3-6,12H,1,7-10,16H2,2H3. The molecule has 1 saturated heterocycles. The molecule has 0 atom stereocenters. The fraction of sp³-hybridized carbons (Fsp3) is 0.400. The minimum absolute atomic E-state index is 0.0586. The first-order valence-corrected chi connectivity index (χ1v) is 7.48. The van der Waals surface area contributed by atoms with Crippen LogP contribution in [0.25, 0.3) is 0 Å². The van der Waals surface area contributed by atoms with E-state index >= 15 is 0 Å². The van der Waals surface area contributed by atoms with Gasteiger partial charge in [-0.1, -0.05) is 18.7 Å². The molecule has 3 nitrogen and oxygen atoms in total. The first kappa shape index (κ1) is 14.0. The summed E-state index contributed by atoms with van der Waals surface area (Å²) < 4.78 is 0. The molecule has 1 aliphatic heterocycles. The van der Waals surface area contributed by atoms with Crippen molar-refractivity contribution >= 4 is 23.4 Å². The van der Waals surface area contributed by atoms with Gasteiger partial charge in [-0.3, -0.25) is 4.79 Å². The molecule has 2 rings (SSSR count). The lowest BCUT2D eigenvalue weighted by Crippen LogP contribution is -2.39. The molecule has 0 unspecified atom stereocenters. The summed E-state index contributed by atoms with van der Waals surface area (Å²) in [6.45, 7) is 7.28. The molecule has 1 amide bonds. The highest BCUT2D eigenvalue weighted by molar-refractivity contribution is 8.02. The van der Waals surface area contributed by atoms with Crippen LogP contribution in [-0.4, -0.2) is 29.1 Å². The lowest BCUT2D eigenvalue weighted by atomic mass is 10.0. The number of amides is 1. The number of rotatable bonds is 3. The van der Waals surface area contributed by atoms with Crippen molar-refractivity contribution < 1.29 is 4.79 Å². The number of carbonyl (C=O) groups excluding carboxylic acids is 1. The van der Waals surface area contributed by atoms with Crippen LogP contribution in [-0.2, 0) is 0 Å². The molecule has 1 aromatic carbocycles. The molecule has 0 spiro atoms. The van der Waals surface area contributed by atoms with Gasteiger partial charge < -0.3 is 10.6 Å². The minimum Gasteiger partial charge on any atom is -0.398 e. The van der Waals surface area contributed by atoms with E-state index in [1.54, 1.807) is 11.8 Å². The average molecular weight is 276 g/mol. The Morgan fingerprint density at radius 2 is 2.16 bits per heavy atom.